The third-order valence-electron chi connectivity index (χ3n) is 10.5. The molecule has 14 heteroatoms. The Morgan fingerprint density at radius 2 is 1.64 bits per heavy atom. The number of aliphatic hydroxyl groups is 1. The van der Waals surface area contributed by atoms with Crippen molar-refractivity contribution in [3.05, 3.63) is 107 Å². The van der Waals surface area contributed by atoms with Gasteiger partial charge in [-0.15, -0.1) is 0 Å². The first-order valence-corrected chi connectivity index (χ1v) is 20.6. The molecule has 6 rings (SSSR count). The van der Waals surface area contributed by atoms with E-state index in [9.17, 15) is 28.2 Å². The second-order valence-electron chi connectivity index (χ2n) is 15.9. The lowest BCUT2D eigenvalue weighted by atomic mass is 9.92. The number of β-amino-alcohol motifs (C(OH)–C–C–N with tert-alkyl or cyclic N) is 1. The lowest BCUT2D eigenvalue weighted by Gasteiger charge is -2.41. The first kappa shape index (κ1) is 40.8. The number of nitrogens with one attached hydrogen (secondary N) is 2. The molecule has 2 amide bonds. The molecular formula is C42H53N7O6S. The van der Waals surface area contributed by atoms with Crippen molar-refractivity contribution < 1.29 is 28.2 Å². The topological polar surface area (TPSA) is 168 Å². The number of hydrogen-bond donors (Lipinski definition) is 4. The van der Waals surface area contributed by atoms with Crippen LogP contribution in [0.1, 0.15) is 55.0 Å². The Labute approximate surface area is 329 Å². The number of carbonyl (C=O) groups is 2. The van der Waals surface area contributed by atoms with Gasteiger partial charge in [0.1, 0.15) is 11.8 Å². The van der Waals surface area contributed by atoms with Crippen LogP contribution in [0.5, 0.6) is 5.75 Å². The van der Waals surface area contributed by atoms with Gasteiger partial charge >= 0.3 is 0 Å². The molecule has 0 aliphatic carbocycles. The van der Waals surface area contributed by atoms with Crippen molar-refractivity contribution >= 4 is 33.5 Å². The molecule has 0 bridgehead atoms. The van der Waals surface area contributed by atoms with E-state index >= 15 is 0 Å². The highest BCUT2D eigenvalue weighted by molar-refractivity contribution is 7.89. The summed E-state index contributed by atoms with van der Waals surface area (Å²) in [6.45, 7) is 10.6. The molecule has 0 spiro atoms. The van der Waals surface area contributed by atoms with Crippen LogP contribution in [0.3, 0.4) is 0 Å². The maximum Gasteiger partial charge on any atom is 0.243 e. The van der Waals surface area contributed by atoms with E-state index in [1.165, 1.54) is 4.31 Å². The maximum atomic E-state index is 14.2. The molecule has 4 N–H and O–H groups in total. The Morgan fingerprint density at radius 3 is 2.32 bits per heavy atom. The molecule has 3 heterocycles. The number of aromatic nitrogens is 2. The molecule has 1 fully saturated rings. The van der Waals surface area contributed by atoms with Gasteiger partial charge in [0.25, 0.3) is 0 Å². The minimum atomic E-state index is -3.98. The zero-order valence-corrected chi connectivity index (χ0v) is 33.6. The molecule has 0 radical (unpaired) electrons. The number of amides is 2. The van der Waals surface area contributed by atoms with E-state index in [4.69, 9.17) is 0 Å². The normalized spacial score (nSPS) is 17.6. The standard InChI is InChI=1S/C42H53N7O6S/c1-28-20-33(50)21-29(2)36(28)25-45-39(52)32(22-30-10-7-6-8-11-30)23-34(51)26-47-18-19-48(27-38(47)40(53)46-42(3,4)5)56(54,55)35-12-13-37-31(24-35)14-17-49(37)41-43-15-9-16-44-41/h6-13,15-16,20-21,24,32,34,38,50-51H,14,17-19,22-23,25-27H2,1-5H3,(H,45,52)(H,46,53)/t32-,34-,38-/m0/s1. The molecule has 56 heavy (non-hydrogen) atoms. The van der Waals surface area contributed by atoms with Crippen LogP contribution in [0.15, 0.2) is 84.0 Å². The van der Waals surface area contributed by atoms with E-state index in [0.29, 0.717) is 25.3 Å². The second-order valence-corrected chi connectivity index (χ2v) is 17.8. The van der Waals surface area contributed by atoms with E-state index in [2.05, 4.69) is 20.6 Å². The fourth-order valence-corrected chi connectivity index (χ4v) is 9.17. The number of aryl methyl sites for hydroxylation is 2. The Hall–Kier alpha value is -4.89. The van der Waals surface area contributed by atoms with Crippen LogP contribution in [0.2, 0.25) is 0 Å². The molecule has 1 aromatic heterocycles. The first-order chi connectivity index (χ1) is 26.6. The molecule has 3 atom stereocenters. The molecule has 4 aromatic rings. The summed E-state index contributed by atoms with van der Waals surface area (Å²) < 4.78 is 29.7. The van der Waals surface area contributed by atoms with Crippen molar-refractivity contribution in [2.75, 3.05) is 37.6 Å². The summed E-state index contributed by atoms with van der Waals surface area (Å²) in [5.41, 5.74) is 4.76. The monoisotopic (exact) mass is 783 g/mol. The predicted octanol–water partition coefficient (Wildman–Crippen LogP) is 4.01. The van der Waals surface area contributed by atoms with Crippen LogP contribution in [0.25, 0.3) is 0 Å². The average Bonchev–Trinajstić information content (AvgIpc) is 3.58. The maximum absolute atomic E-state index is 14.2. The summed E-state index contributed by atoms with van der Waals surface area (Å²) in [7, 11) is -3.98. The van der Waals surface area contributed by atoms with Gasteiger partial charge in [0.15, 0.2) is 0 Å². The average molecular weight is 784 g/mol. The van der Waals surface area contributed by atoms with Crippen LogP contribution in [-0.2, 0) is 39.0 Å². The molecule has 13 nitrogen and oxygen atoms in total. The molecule has 298 valence electrons. The number of benzene rings is 3. The lowest BCUT2D eigenvalue weighted by molar-refractivity contribution is -0.131. The van der Waals surface area contributed by atoms with Crippen molar-refractivity contribution in [1.82, 2.24) is 29.8 Å². The summed E-state index contributed by atoms with van der Waals surface area (Å²) in [6, 6.07) is 18.9. The van der Waals surface area contributed by atoms with Crippen LogP contribution in [0, 0.1) is 19.8 Å². The van der Waals surface area contributed by atoms with Gasteiger partial charge < -0.3 is 25.7 Å². The molecular weight excluding hydrogens is 731 g/mol. The number of hydrogen-bond acceptors (Lipinski definition) is 10. The molecule has 2 aliphatic heterocycles. The SMILES string of the molecule is Cc1cc(O)cc(C)c1CNC(=O)[C@@H](Cc1ccccc1)C[C@H](O)CN1CCN(S(=O)(=O)c2ccc3c(c2)CCN3c2ncccn2)C[C@H]1C(=O)NC(C)(C)C. The summed E-state index contributed by atoms with van der Waals surface area (Å²) in [5, 5.41) is 27.7. The van der Waals surface area contributed by atoms with Crippen molar-refractivity contribution in [3.8, 4) is 5.75 Å². The van der Waals surface area contributed by atoms with Crippen molar-refractivity contribution in [2.24, 2.45) is 5.92 Å². The molecule has 1 saturated heterocycles. The lowest BCUT2D eigenvalue weighted by Crippen LogP contribution is -2.62. The van der Waals surface area contributed by atoms with Crippen molar-refractivity contribution in [3.63, 3.8) is 0 Å². The number of piperazine rings is 1. The Balaban J connectivity index is 1.17. The van der Waals surface area contributed by atoms with Crippen molar-refractivity contribution in [1.29, 1.82) is 0 Å². The van der Waals surface area contributed by atoms with E-state index in [1.54, 1.807) is 48.8 Å². The third kappa shape index (κ3) is 9.73. The molecule has 3 aromatic carbocycles. The van der Waals surface area contributed by atoms with Crippen LogP contribution in [-0.4, -0.2) is 100 Å². The minimum absolute atomic E-state index is 0.0705. The smallest absolute Gasteiger partial charge is 0.243 e. The van der Waals surface area contributed by atoms with Crippen molar-refractivity contribution in [2.45, 2.75) is 83.0 Å². The zero-order valence-electron chi connectivity index (χ0n) is 32.8. The number of anilines is 2. The van der Waals surface area contributed by atoms with Gasteiger partial charge in [0, 0.05) is 68.8 Å². The van der Waals surface area contributed by atoms with Crippen LogP contribution >= 0.6 is 0 Å². The van der Waals surface area contributed by atoms with Gasteiger partial charge in [-0.1, -0.05) is 30.3 Å². The Morgan fingerprint density at radius 1 is 0.946 bits per heavy atom. The number of nitrogens with zero attached hydrogens (tertiary/aromatic N) is 5. The summed E-state index contributed by atoms with van der Waals surface area (Å²) in [6.07, 6.45) is 3.51. The van der Waals surface area contributed by atoms with E-state index in [1.807, 2.05) is 74.8 Å². The van der Waals surface area contributed by atoms with Crippen LogP contribution < -0.4 is 15.5 Å². The van der Waals surface area contributed by atoms with E-state index < -0.39 is 33.6 Å². The highest BCUT2D eigenvalue weighted by Crippen LogP contribution is 2.35. The Bertz CT molecular complexity index is 2110. The predicted molar refractivity (Wildman–Crippen MR) is 215 cm³/mol. The van der Waals surface area contributed by atoms with Gasteiger partial charge in [0.2, 0.25) is 27.8 Å². The van der Waals surface area contributed by atoms with Gasteiger partial charge in [-0.3, -0.25) is 14.5 Å². The number of rotatable bonds is 13. The second kappa shape index (κ2) is 17.1. The number of aromatic hydroxyl groups is 1. The molecule has 0 saturated carbocycles. The molecule has 0 unspecified atom stereocenters. The number of fused-ring (bicyclic) bond motifs is 1. The molecule has 2 aliphatic rings. The summed E-state index contributed by atoms with van der Waals surface area (Å²) in [5.74, 6) is -0.415. The quantitative estimate of drug-likeness (QED) is 0.156. The van der Waals surface area contributed by atoms with Crippen LogP contribution in [0.4, 0.5) is 11.6 Å². The Kier molecular flexibility index (Phi) is 12.4. The fourth-order valence-electron chi connectivity index (χ4n) is 7.68. The number of phenolic OH excluding ortho intramolecular Hbond substituents is 1. The first-order valence-electron chi connectivity index (χ1n) is 19.1. The minimum Gasteiger partial charge on any atom is -0.508 e. The van der Waals surface area contributed by atoms with Gasteiger partial charge in [-0.2, -0.15) is 4.31 Å². The summed E-state index contributed by atoms with van der Waals surface area (Å²) >= 11 is 0. The fraction of sp³-hybridized carbons (Fsp3) is 0.429. The number of aliphatic hydroxyl groups excluding tert-OH is 1. The number of carbonyl (C=O) groups excluding carboxylic acids is 2. The number of phenols is 1. The zero-order chi connectivity index (χ0) is 40.2. The van der Waals surface area contributed by atoms with Gasteiger partial charge in [-0.25, -0.2) is 18.4 Å². The largest absolute Gasteiger partial charge is 0.508 e. The van der Waals surface area contributed by atoms with Gasteiger partial charge in [-0.05, 0) is 118 Å². The van der Waals surface area contributed by atoms with Gasteiger partial charge in [0.05, 0.1) is 11.0 Å². The number of sulfonamides is 1. The summed E-state index contributed by atoms with van der Waals surface area (Å²) in [4.78, 5) is 40.3. The highest BCUT2D eigenvalue weighted by Gasteiger charge is 2.40. The third-order valence-corrected chi connectivity index (χ3v) is 12.3. The van der Waals surface area contributed by atoms with E-state index in [0.717, 1.165) is 33.5 Å². The van der Waals surface area contributed by atoms with E-state index in [-0.39, 0.29) is 61.6 Å². The highest BCUT2D eigenvalue weighted by atomic mass is 32.2.